The summed E-state index contributed by atoms with van der Waals surface area (Å²) in [5.41, 5.74) is 4.35. The summed E-state index contributed by atoms with van der Waals surface area (Å²) < 4.78 is 7.43. The molecule has 0 fully saturated rings. The molecule has 2 aromatic rings. The highest BCUT2D eigenvalue weighted by molar-refractivity contribution is 6.17. The van der Waals surface area contributed by atoms with E-state index in [2.05, 4.69) is 16.5 Å². The number of nitrogens with zero attached hydrogens (tertiary/aromatic N) is 2. The second kappa shape index (κ2) is 6.24. The first kappa shape index (κ1) is 15.9. The van der Waals surface area contributed by atoms with E-state index in [1.165, 1.54) is 0 Å². The Morgan fingerprint density at radius 1 is 1.43 bits per heavy atom. The van der Waals surface area contributed by atoms with Crippen LogP contribution >= 0.6 is 11.6 Å². The van der Waals surface area contributed by atoms with Crippen molar-refractivity contribution in [2.45, 2.75) is 33.4 Å². The van der Waals surface area contributed by atoms with Crippen LogP contribution < -0.4 is 10.1 Å². The summed E-state index contributed by atoms with van der Waals surface area (Å²) >= 11 is 5.78. The van der Waals surface area contributed by atoms with E-state index in [-0.39, 0.29) is 11.9 Å². The maximum absolute atomic E-state index is 12.7. The number of rotatable bonds is 4. The molecular formula is C17H20ClN3O2. The predicted molar refractivity (Wildman–Crippen MR) is 89.3 cm³/mol. The van der Waals surface area contributed by atoms with Crippen molar-refractivity contribution < 1.29 is 9.53 Å². The van der Waals surface area contributed by atoms with Gasteiger partial charge in [0.2, 0.25) is 0 Å². The Hall–Kier alpha value is -2.01. The van der Waals surface area contributed by atoms with Gasteiger partial charge in [-0.1, -0.05) is 17.7 Å². The lowest BCUT2D eigenvalue weighted by molar-refractivity contribution is 0.0929. The van der Waals surface area contributed by atoms with Gasteiger partial charge in [-0.3, -0.25) is 9.48 Å². The van der Waals surface area contributed by atoms with E-state index in [1.54, 1.807) is 4.68 Å². The van der Waals surface area contributed by atoms with E-state index in [4.69, 9.17) is 16.3 Å². The van der Waals surface area contributed by atoms with Crippen LogP contribution in [0.5, 0.6) is 5.75 Å². The van der Waals surface area contributed by atoms with E-state index in [0.717, 1.165) is 22.6 Å². The Morgan fingerprint density at radius 2 is 2.22 bits per heavy atom. The minimum Gasteiger partial charge on any atom is -0.491 e. The van der Waals surface area contributed by atoms with Gasteiger partial charge in [-0.15, -0.1) is 11.6 Å². The molecule has 3 rings (SSSR count). The lowest BCUT2D eigenvalue weighted by Gasteiger charge is -2.12. The molecule has 122 valence electrons. The minimum absolute atomic E-state index is 0.122. The zero-order valence-electron chi connectivity index (χ0n) is 13.5. The van der Waals surface area contributed by atoms with Crippen LogP contribution in [0.3, 0.4) is 0 Å². The van der Waals surface area contributed by atoms with Gasteiger partial charge in [-0.05, 0) is 26.8 Å². The van der Waals surface area contributed by atoms with Gasteiger partial charge < -0.3 is 10.1 Å². The molecule has 1 aliphatic heterocycles. The summed E-state index contributed by atoms with van der Waals surface area (Å²) in [5, 5.41) is 7.46. The summed E-state index contributed by atoms with van der Waals surface area (Å²) in [6.45, 7) is 6.82. The number of alkyl halides is 1. The van der Waals surface area contributed by atoms with Crippen molar-refractivity contribution >= 4 is 17.5 Å². The lowest BCUT2D eigenvalue weighted by Crippen LogP contribution is -2.30. The Bertz CT molecular complexity index is 755. The molecule has 0 aliphatic carbocycles. The largest absolute Gasteiger partial charge is 0.491 e. The number of hydrogen-bond donors (Lipinski definition) is 1. The fourth-order valence-electron chi connectivity index (χ4n) is 3.01. The number of nitrogens with one attached hydrogen (secondary N) is 1. The van der Waals surface area contributed by atoms with Crippen molar-refractivity contribution in [3.05, 3.63) is 46.3 Å². The van der Waals surface area contributed by atoms with Crippen molar-refractivity contribution in [1.82, 2.24) is 15.1 Å². The molecule has 0 unspecified atom stereocenters. The molecule has 1 aromatic carbocycles. The maximum Gasteiger partial charge on any atom is 0.255 e. The summed E-state index contributed by atoms with van der Waals surface area (Å²) in [6.07, 6.45) is 0. The molecule has 6 heteroatoms. The lowest BCUT2D eigenvalue weighted by atomic mass is 10.0. The third-order valence-electron chi connectivity index (χ3n) is 4.16. The van der Waals surface area contributed by atoms with Crippen molar-refractivity contribution in [2.24, 2.45) is 0 Å². The second-order valence-electron chi connectivity index (χ2n) is 5.84. The number of amides is 1. The maximum atomic E-state index is 12.7. The van der Waals surface area contributed by atoms with Crippen LogP contribution in [0.4, 0.5) is 0 Å². The van der Waals surface area contributed by atoms with Crippen LogP contribution in [0.15, 0.2) is 18.2 Å². The molecule has 1 N–H and O–H groups in total. The van der Waals surface area contributed by atoms with Gasteiger partial charge in [0.1, 0.15) is 12.4 Å². The summed E-state index contributed by atoms with van der Waals surface area (Å²) in [5.74, 6) is 1.18. The molecular weight excluding hydrogens is 314 g/mol. The molecule has 0 spiro atoms. The zero-order chi connectivity index (χ0) is 16.6. The number of benzene rings is 1. The average Bonchev–Trinajstić information content (AvgIpc) is 3.01. The van der Waals surface area contributed by atoms with E-state index in [9.17, 15) is 4.79 Å². The van der Waals surface area contributed by atoms with Crippen LogP contribution in [-0.2, 0) is 6.54 Å². The molecule has 1 aliphatic rings. The fourth-order valence-corrected chi connectivity index (χ4v) is 3.17. The molecule has 0 saturated heterocycles. The molecule has 0 bridgehead atoms. The number of ether oxygens (including phenoxy) is 1. The number of fused-ring (bicyclic) bond motifs is 1. The molecule has 2 heterocycles. The smallest absolute Gasteiger partial charge is 0.255 e. The molecule has 5 nitrogen and oxygen atoms in total. The molecule has 0 radical (unpaired) electrons. The van der Waals surface area contributed by atoms with Crippen LogP contribution in [0.25, 0.3) is 0 Å². The van der Waals surface area contributed by atoms with Gasteiger partial charge in [0, 0.05) is 17.1 Å². The standard InChI is InChI=1S/C17H20ClN3O2/c1-10-4-5-15-13(8-10)14(9-23-15)19-17(22)16-11(2)20-21(7-6-18)12(16)3/h4-5,8,14H,6-7,9H2,1-3H3,(H,19,22)/t14-/m1/s1. The number of halogens is 1. The van der Waals surface area contributed by atoms with Gasteiger partial charge in [0.05, 0.1) is 23.8 Å². The first-order valence-corrected chi connectivity index (χ1v) is 8.19. The van der Waals surface area contributed by atoms with Gasteiger partial charge in [0.15, 0.2) is 0 Å². The molecule has 23 heavy (non-hydrogen) atoms. The van der Waals surface area contributed by atoms with Crippen molar-refractivity contribution in [2.75, 3.05) is 12.5 Å². The molecule has 1 aromatic heterocycles. The second-order valence-corrected chi connectivity index (χ2v) is 6.21. The first-order valence-electron chi connectivity index (χ1n) is 7.65. The van der Waals surface area contributed by atoms with Crippen LogP contribution in [0, 0.1) is 20.8 Å². The quantitative estimate of drug-likeness (QED) is 0.875. The van der Waals surface area contributed by atoms with E-state index in [0.29, 0.717) is 30.3 Å². The highest BCUT2D eigenvalue weighted by Crippen LogP contribution is 2.33. The van der Waals surface area contributed by atoms with Gasteiger partial charge >= 0.3 is 0 Å². The Labute approximate surface area is 140 Å². The number of carbonyl (C=O) groups is 1. The monoisotopic (exact) mass is 333 g/mol. The topological polar surface area (TPSA) is 56.2 Å². The SMILES string of the molecule is Cc1ccc2c(c1)[C@H](NC(=O)c1c(C)nn(CCCl)c1C)CO2. The van der Waals surface area contributed by atoms with Crippen LogP contribution in [0.1, 0.15) is 38.9 Å². The van der Waals surface area contributed by atoms with Gasteiger partial charge in [0.25, 0.3) is 5.91 Å². The third kappa shape index (κ3) is 2.93. The Morgan fingerprint density at radius 3 is 2.96 bits per heavy atom. The first-order chi connectivity index (χ1) is 11.0. The van der Waals surface area contributed by atoms with Gasteiger partial charge in [-0.2, -0.15) is 5.10 Å². The zero-order valence-corrected chi connectivity index (χ0v) is 14.3. The number of aromatic nitrogens is 2. The van der Waals surface area contributed by atoms with Crippen molar-refractivity contribution in [3.63, 3.8) is 0 Å². The molecule has 1 amide bonds. The predicted octanol–water partition coefficient (Wildman–Crippen LogP) is 2.91. The minimum atomic E-state index is -0.132. The Balaban J connectivity index is 1.83. The highest BCUT2D eigenvalue weighted by atomic mass is 35.5. The van der Waals surface area contributed by atoms with Crippen LogP contribution in [-0.4, -0.2) is 28.2 Å². The molecule has 1 atom stereocenters. The molecule has 0 saturated carbocycles. The van der Waals surface area contributed by atoms with Crippen molar-refractivity contribution in [3.8, 4) is 5.75 Å². The summed E-state index contributed by atoms with van der Waals surface area (Å²) in [7, 11) is 0. The number of hydrogen-bond acceptors (Lipinski definition) is 3. The average molecular weight is 334 g/mol. The Kier molecular flexibility index (Phi) is 4.31. The van der Waals surface area contributed by atoms with E-state index >= 15 is 0 Å². The van der Waals surface area contributed by atoms with E-state index in [1.807, 2.05) is 32.9 Å². The third-order valence-corrected chi connectivity index (χ3v) is 4.33. The number of aryl methyl sites for hydroxylation is 3. The normalized spacial score (nSPS) is 16.1. The van der Waals surface area contributed by atoms with E-state index < -0.39 is 0 Å². The van der Waals surface area contributed by atoms with Crippen molar-refractivity contribution in [1.29, 1.82) is 0 Å². The fraction of sp³-hybridized carbons (Fsp3) is 0.412. The number of carbonyl (C=O) groups excluding carboxylic acids is 1. The summed E-state index contributed by atoms with van der Waals surface area (Å²) in [6, 6.07) is 5.89. The van der Waals surface area contributed by atoms with Crippen LogP contribution in [0.2, 0.25) is 0 Å². The van der Waals surface area contributed by atoms with Gasteiger partial charge in [-0.25, -0.2) is 0 Å². The summed E-state index contributed by atoms with van der Waals surface area (Å²) in [4.78, 5) is 12.7. The highest BCUT2D eigenvalue weighted by Gasteiger charge is 2.28.